The number of aromatic nitrogens is 1. The molecule has 0 spiro atoms. The minimum Gasteiger partial charge on any atom is -0.472 e. The Kier molecular flexibility index (Phi) is 4.71. The quantitative estimate of drug-likeness (QED) is 0.866. The molecule has 4 nitrogen and oxygen atoms in total. The van der Waals surface area contributed by atoms with Crippen molar-refractivity contribution in [3.8, 4) is 0 Å². The molecule has 2 aromatic heterocycles. The van der Waals surface area contributed by atoms with Crippen LogP contribution in [0.2, 0.25) is 0 Å². The van der Waals surface area contributed by atoms with Crippen LogP contribution in [0.25, 0.3) is 0 Å². The van der Waals surface area contributed by atoms with E-state index in [1.54, 1.807) is 12.5 Å². The van der Waals surface area contributed by atoms with E-state index >= 15 is 0 Å². The Labute approximate surface area is 114 Å². The molecule has 102 valence electrons. The molecule has 2 heterocycles. The van der Waals surface area contributed by atoms with Crippen molar-refractivity contribution in [1.29, 1.82) is 0 Å². The number of rotatable bonds is 6. The lowest BCUT2D eigenvalue weighted by Gasteiger charge is -2.31. The first-order valence-electron chi connectivity index (χ1n) is 6.60. The standard InChI is InChI=1S/C15H21N3O/c1-3-13(16)15(14-6-4-5-8-17-14)18(2)10-12-7-9-19-11-12/h4-9,11,13,15H,3,10,16H2,1-2H3. The Morgan fingerprint density at radius 2 is 2.21 bits per heavy atom. The molecular weight excluding hydrogens is 238 g/mol. The van der Waals surface area contributed by atoms with Crippen LogP contribution in [0, 0.1) is 0 Å². The first-order valence-corrected chi connectivity index (χ1v) is 6.60. The highest BCUT2D eigenvalue weighted by atomic mass is 16.3. The fourth-order valence-electron chi connectivity index (χ4n) is 2.32. The number of nitrogens with two attached hydrogens (primary N) is 1. The lowest BCUT2D eigenvalue weighted by molar-refractivity contribution is 0.197. The van der Waals surface area contributed by atoms with Gasteiger partial charge in [0.05, 0.1) is 24.3 Å². The summed E-state index contributed by atoms with van der Waals surface area (Å²) >= 11 is 0. The highest BCUT2D eigenvalue weighted by Crippen LogP contribution is 2.23. The lowest BCUT2D eigenvalue weighted by Crippen LogP contribution is -2.39. The van der Waals surface area contributed by atoms with Gasteiger partial charge in [-0.2, -0.15) is 0 Å². The maximum atomic E-state index is 6.27. The molecule has 2 atom stereocenters. The summed E-state index contributed by atoms with van der Waals surface area (Å²) in [6.45, 7) is 2.90. The van der Waals surface area contributed by atoms with Crippen LogP contribution in [-0.4, -0.2) is 23.0 Å². The monoisotopic (exact) mass is 259 g/mol. The Morgan fingerprint density at radius 3 is 2.79 bits per heavy atom. The Morgan fingerprint density at radius 1 is 1.37 bits per heavy atom. The van der Waals surface area contributed by atoms with Crippen LogP contribution >= 0.6 is 0 Å². The minimum atomic E-state index is 0.0619. The van der Waals surface area contributed by atoms with Gasteiger partial charge in [-0.1, -0.05) is 13.0 Å². The summed E-state index contributed by atoms with van der Waals surface area (Å²) in [7, 11) is 2.07. The van der Waals surface area contributed by atoms with E-state index in [0.29, 0.717) is 0 Å². The number of nitrogens with zero attached hydrogens (tertiary/aromatic N) is 2. The van der Waals surface area contributed by atoms with Crippen LogP contribution in [0.15, 0.2) is 47.4 Å². The SMILES string of the molecule is CCC(N)C(c1ccccn1)N(C)Cc1ccoc1. The van der Waals surface area contributed by atoms with Crippen LogP contribution in [0.3, 0.4) is 0 Å². The summed E-state index contributed by atoms with van der Waals surface area (Å²) in [6, 6.07) is 8.11. The molecule has 0 amide bonds. The highest BCUT2D eigenvalue weighted by Gasteiger charge is 2.24. The van der Waals surface area contributed by atoms with Crippen LogP contribution in [0.1, 0.15) is 30.6 Å². The zero-order valence-corrected chi connectivity index (χ0v) is 11.5. The molecule has 0 fully saturated rings. The van der Waals surface area contributed by atoms with Crippen molar-refractivity contribution < 1.29 is 4.42 Å². The summed E-state index contributed by atoms with van der Waals surface area (Å²) in [5.74, 6) is 0. The van der Waals surface area contributed by atoms with Gasteiger partial charge >= 0.3 is 0 Å². The third kappa shape index (κ3) is 3.43. The van der Waals surface area contributed by atoms with Gasteiger partial charge in [0.25, 0.3) is 0 Å². The summed E-state index contributed by atoms with van der Waals surface area (Å²) in [4.78, 5) is 6.68. The lowest BCUT2D eigenvalue weighted by atomic mass is 10.0. The van der Waals surface area contributed by atoms with Crippen molar-refractivity contribution >= 4 is 0 Å². The van der Waals surface area contributed by atoms with E-state index < -0.39 is 0 Å². The zero-order chi connectivity index (χ0) is 13.7. The number of pyridine rings is 1. The Balaban J connectivity index is 2.18. The number of furan rings is 1. The van der Waals surface area contributed by atoms with Gasteiger partial charge in [0.1, 0.15) is 0 Å². The third-order valence-corrected chi connectivity index (χ3v) is 3.35. The average Bonchev–Trinajstić information content (AvgIpc) is 2.93. The average molecular weight is 259 g/mol. The van der Waals surface area contributed by atoms with Crippen molar-refractivity contribution in [3.05, 3.63) is 54.2 Å². The second-order valence-corrected chi connectivity index (χ2v) is 4.82. The van der Waals surface area contributed by atoms with Gasteiger partial charge in [0.2, 0.25) is 0 Å². The van der Waals surface area contributed by atoms with Gasteiger partial charge in [-0.05, 0) is 31.7 Å². The zero-order valence-electron chi connectivity index (χ0n) is 11.5. The van der Waals surface area contributed by atoms with Crippen molar-refractivity contribution in [2.75, 3.05) is 7.05 Å². The molecular formula is C15H21N3O. The minimum absolute atomic E-state index is 0.0619. The molecule has 0 saturated carbocycles. The molecule has 2 unspecified atom stereocenters. The van der Waals surface area contributed by atoms with E-state index in [-0.39, 0.29) is 12.1 Å². The summed E-state index contributed by atoms with van der Waals surface area (Å²) in [6.07, 6.45) is 6.19. The smallest absolute Gasteiger partial charge is 0.0947 e. The molecule has 2 aromatic rings. The second-order valence-electron chi connectivity index (χ2n) is 4.82. The summed E-state index contributed by atoms with van der Waals surface area (Å²) in [5, 5.41) is 0. The van der Waals surface area contributed by atoms with Crippen LogP contribution in [0.5, 0.6) is 0 Å². The molecule has 2 N–H and O–H groups in total. The molecule has 0 aliphatic heterocycles. The second kappa shape index (κ2) is 6.50. The summed E-state index contributed by atoms with van der Waals surface area (Å²) < 4.78 is 5.11. The highest BCUT2D eigenvalue weighted by molar-refractivity contribution is 5.13. The maximum absolute atomic E-state index is 6.27. The van der Waals surface area contributed by atoms with Crippen molar-refractivity contribution in [3.63, 3.8) is 0 Å². The fraction of sp³-hybridized carbons (Fsp3) is 0.400. The van der Waals surface area contributed by atoms with E-state index in [9.17, 15) is 0 Å². The van der Waals surface area contributed by atoms with Crippen molar-refractivity contribution in [2.24, 2.45) is 5.73 Å². The normalized spacial score (nSPS) is 14.5. The first kappa shape index (κ1) is 13.8. The Hall–Kier alpha value is -1.65. The summed E-state index contributed by atoms with van der Waals surface area (Å²) in [5.41, 5.74) is 8.44. The first-order chi connectivity index (χ1) is 9.22. The number of hydrogen-bond donors (Lipinski definition) is 1. The van der Waals surface area contributed by atoms with Crippen LogP contribution < -0.4 is 5.73 Å². The fourth-order valence-corrected chi connectivity index (χ4v) is 2.32. The maximum Gasteiger partial charge on any atom is 0.0947 e. The van der Waals surface area contributed by atoms with Gasteiger partial charge < -0.3 is 10.2 Å². The molecule has 0 aliphatic carbocycles. The molecule has 0 aromatic carbocycles. The number of hydrogen-bond acceptors (Lipinski definition) is 4. The van der Waals surface area contributed by atoms with E-state index in [1.807, 2.05) is 30.5 Å². The van der Waals surface area contributed by atoms with E-state index in [0.717, 1.165) is 24.2 Å². The van der Waals surface area contributed by atoms with Gasteiger partial charge in [0.15, 0.2) is 0 Å². The Bertz CT molecular complexity index is 469. The topological polar surface area (TPSA) is 55.3 Å². The molecule has 4 heteroatoms. The number of likely N-dealkylation sites (N-methyl/N-ethyl adjacent to an activating group) is 1. The van der Waals surface area contributed by atoms with Gasteiger partial charge in [-0.25, -0.2) is 0 Å². The predicted octanol–water partition coefficient (Wildman–Crippen LogP) is 2.59. The van der Waals surface area contributed by atoms with Gasteiger partial charge in [0, 0.05) is 24.3 Å². The molecule has 0 aliphatic rings. The van der Waals surface area contributed by atoms with Crippen LogP contribution in [-0.2, 0) is 6.54 Å². The van der Waals surface area contributed by atoms with Gasteiger partial charge in [-0.3, -0.25) is 9.88 Å². The van der Waals surface area contributed by atoms with E-state index in [1.165, 1.54) is 0 Å². The molecule has 2 rings (SSSR count). The van der Waals surface area contributed by atoms with E-state index in [2.05, 4.69) is 23.9 Å². The third-order valence-electron chi connectivity index (χ3n) is 3.35. The molecule has 19 heavy (non-hydrogen) atoms. The van der Waals surface area contributed by atoms with Crippen LogP contribution in [0.4, 0.5) is 0 Å². The molecule has 0 bridgehead atoms. The van der Waals surface area contributed by atoms with E-state index in [4.69, 9.17) is 10.2 Å². The molecule has 0 radical (unpaired) electrons. The molecule has 0 saturated heterocycles. The van der Waals surface area contributed by atoms with Crippen molar-refractivity contribution in [2.45, 2.75) is 32.0 Å². The van der Waals surface area contributed by atoms with Crippen molar-refractivity contribution in [1.82, 2.24) is 9.88 Å². The largest absolute Gasteiger partial charge is 0.472 e. The predicted molar refractivity (Wildman–Crippen MR) is 75.4 cm³/mol. The van der Waals surface area contributed by atoms with Gasteiger partial charge in [-0.15, -0.1) is 0 Å².